The van der Waals surface area contributed by atoms with Gasteiger partial charge in [0.25, 0.3) is 0 Å². The van der Waals surface area contributed by atoms with Crippen molar-refractivity contribution in [3.8, 4) is 5.75 Å². The molecule has 0 bridgehead atoms. The van der Waals surface area contributed by atoms with Gasteiger partial charge in [-0.2, -0.15) is 18.7 Å². The highest BCUT2D eigenvalue weighted by molar-refractivity contribution is 5.99. The van der Waals surface area contributed by atoms with Gasteiger partial charge in [0.15, 0.2) is 17.6 Å². The second-order valence-electron chi connectivity index (χ2n) is 9.37. The summed E-state index contributed by atoms with van der Waals surface area (Å²) in [5.41, 5.74) is 3.22. The van der Waals surface area contributed by atoms with Crippen LogP contribution in [-0.4, -0.2) is 34.6 Å². The van der Waals surface area contributed by atoms with Gasteiger partial charge in [-0.3, -0.25) is 4.79 Å². The number of halogens is 3. The van der Waals surface area contributed by atoms with Crippen LogP contribution in [0.15, 0.2) is 42.5 Å². The Morgan fingerprint density at radius 3 is 2.38 bits per heavy atom. The Morgan fingerprint density at radius 2 is 1.79 bits per heavy atom. The molecule has 0 saturated carbocycles. The van der Waals surface area contributed by atoms with Crippen LogP contribution in [0.1, 0.15) is 60.7 Å². The third kappa shape index (κ3) is 7.04. The van der Waals surface area contributed by atoms with Gasteiger partial charge in [0, 0.05) is 18.9 Å². The summed E-state index contributed by atoms with van der Waals surface area (Å²) in [6.45, 7) is 5.31. The molecule has 3 rings (SSSR count). The number of hydrogen-bond acceptors (Lipinski definition) is 5. The van der Waals surface area contributed by atoms with Crippen LogP contribution in [0.25, 0.3) is 0 Å². The molecular formula is C25H28F3NO5. The Hall–Kier alpha value is -2.91. The molecule has 0 aromatic heterocycles. The van der Waals surface area contributed by atoms with E-state index in [4.69, 9.17) is 9.57 Å². The van der Waals surface area contributed by atoms with Gasteiger partial charge in [-0.15, -0.1) is 0 Å². The number of nitrogens with one attached hydrogen (secondary N) is 1. The third-order valence-corrected chi connectivity index (χ3v) is 5.36. The zero-order valence-electron chi connectivity index (χ0n) is 19.2. The number of benzene rings is 2. The van der Waals surface area contributed by atoms with E-state index in [1.165, 1.54) is 12.1 Å². The highest BCUT2D eigenvalue weighted by atomic mass is 19.4. The molecule has 6 nitrogen and oxygen atoms in total. The molecule has 0 fully saturated rings. The van der Waals surface area contributed by atoms with Gasteiger partial charge in [0.1, 0.15) is 0 Å². The number of alkyl halides is 3. The van der Waals surface area contributed by atoms with Crippen molar-refractivity contribution in [2.24, 2.45) is 0 Å². The van der Waals surface area contributed by atoms with Crippen molar-refractivity contribution in [2.45, 2.75) is 70.4 Å². The van der Waals surface area contributed by atoms with Crippen molar-refractivity contribution in [3.63, 3.8) is 0 Å². The number of hydrogen-bond donors (Lipinski definition) is 2. The predicted octanol–water partition coefficient (Wildman–Crippen LogP) is 4.99. The molecule has 1 heterocycles. The summed E-state index contributed by atoms with van der Waals surface area (Å²) in [6, 6.07) is 9.55. The molecule has 184 valence electrons. The molecule has 34 heavy (non-hydrogen) atoms. The van der Waals surface area contributed by atoms with E-state index in [1.54, 1.807) is 39.0 Å². The molecule has 9 heteroatoms. The van der Waals surface area contributed by atoms with Gasteiger partial charge in [0.2, 0.25) is 0 Å². The molecule has 2 N–H and O–H groups in total. The van der Waals surface area contributed by atoms with E-state index in [1.807, 2.05) is 0 Å². The summed E-state index contributed by atoms with van der Waals surface area (Å²) >= 11 is 0. The van der Waals surface area contributed by atoms with Gasteiger partial charge < -0.3 is 14.7 Å². The molecular weight excluding hydrogens is 451 g/mol. The van der Waals surface area contributed by atoms with Crippen molar-refractivity contribution in [1.29, 1.82) is 0 Å². The van der Waals surface area contributed by atoms with Crippen LogP contribution in [0.2, 0.25) is 0 Å². The van der Waals surface area contributed by atoms with E-state index < -0.39 is 29.4 Å². The van der Waals surface area contributed by atoms with Crippen molar-refractivity contribution in [3.05, 3.63) is 64.7 Å². The molecule has 0 amide bonds. The Kier molecular flexibility index (Phi) is 7.67. The summed E-state index contributed by atoms with van der Waals surface area (Å²) < 4.78 is 43.9. The first-order chi connectivity index (χ1) is 15.8. The van der Waals surface area contributed by atoms with Gasteiger partial charge in [0.05, 0.1) is 16.7 Å². The average molecular weight is 479 g/mol. The summed E-state index contributed by atoms with van der Waals surface area (Å²) in [6.07, 6.45) is -4.33. The van der Waals surface area contributed by atoms with Crippen LogP contribution in [0.4, 0.5) is 13.2 Å². The molecule has 0 saturated heterocycles. The third-order valence-electron chi connectivity index (χ3n) is 5.36. The SMILES string of the molecule is CC(C)(C)OC(Cc1ccc2c(c1)C(=O)CCC(Cc1ccc(C(F)(F)F)cc1)NO2)C(=O)O. The summed E-state index contributed by atoms with van der Waals surface area (Å²) in [7, 11) is 0. The highest BCUT2D eigenvalue weighted by Crippen LogP contribution is 2.30. The van der Waals surface area contributed by atoms with Crippen molar-refractivity contribution >= 4 is 11.8 Å². The Balaban J connectivity index is 1.70. The van der Waals surface area contributed by atoms with Gasteiger partial charge >= 0.3 is 12.1 Å². The number of ketones is 1. The van der Waals surface area contributed by atoms with Crippen LogP contribution >= 0.6 is 0 Å². The number of carboxylic acids is 1. The molecule has 1 aliphatic rings. The van der Waals surface area contributed by atoms with Gasteiger partial charge in [-0.1, -0.05) is 18.2 Å². The van der Waals surface area contributed by atoms with Crippen LogP contribution in [0, 0.1) is 0 Å². The minimum Gasteiger partial charge on any atom is -0.479 e. The highest BCUT2D eigenvalue weighted by Gasteiger charge is 2.30. The fourth-order valence-electron chi connectivity index (χ4n) is 3.74. The summed E-state index contributed by atoms with van der Waals surface area (Å²) in [4.78, 5) is 30.1. The first-order valence-corrected chi connectivity index (χ1v) is 11.0. The Bertz CT molecular complexity index is 1030. The lowest BCUT2D eigenvalue weighted by molar-refractivity contribution is -0.159. The van der Waals surface area contributed by atoms with Crippen molar-refractivity contribution in [2.75, 3.05) is 0 Å². The summed E-state index contributed by atoms with van der Waals surface area (Å²) in [5, 5.41) is 9.49. The normalized spacial score (nSPS) is 17.8. The molecule has 0 radical (unpaired) electrons. The Labute approximate surface area is 196 Å². The minimum absolute atomic E-state index is 0.0944. The number of rotatable bonds is 6. The van der Waals surface area contributed by atoms with E-state index in [9.17, 15) is 27.9 Å². The molecule has 2 unspecified atom stereocenters. The largest absolute Gasteiger partial charge is 0.479 e. The van der Waals surface area contributed by atoms with Crippen molar-refractivity contribution < 1.29 is 37.4 Å². The number of hydroxylamine groups is 1. The number of aliphatic carboxylic acids is 1. The van der Waals surface area contributed by atoms with Gasteiger partial charge in [-0.05, 0) is 69.0 Å². The molecule has 2 atom stereocenters. The number of carbonyl (C=O) groups excluding carboxylic acids is 1. The lowest BCUT2D eigenvalue weighted by atomic mass is 9.95. The number of Topliss-reactive ketones (excluding diaryl/α,β-unsaturated/α-hetero) is 1. The van der Waals surface area contributed by atoms with Crippen LogP contribution in [0.3, 0.4) is 0 Å². The number of carboxylic acid groups (broad SMARTS) is 1. The lowest BCUT2D eigenvalue weighted by Gasteiger charge is -2.26. The fourth-order valence-corrected chi connectivity index (χ4v) is 3.74. The van der Waals surface area contributed by atoms with E-state index in [0.717, 1.165) is 12.1 Å². The van der Waals surface area contributed by atoms with E-state index in [-0.39, 0.29) is 24.7 Å². The second kappa shape index (κ2) is 10.1. The number of fused-ring (bicyclic) bond motifs is 1. The molecule has 2 aromatic rings. The molecule has 0 aliphatic carbocycles. The lowest BCUT2D eigenvalue weighted by Crippen LogP contribution is -2.36. The van der Waals surface area contributed by atoms with Gasteiger partial charge in [-0.25, -0.2) is 4.79 Å². The zero-order chi connectivity index (χ0) is 25.1. The second-order valence-corrected chi connectivity index (χ2v) is 9.37. The maximum Gasteiger partial charge on any atom is 0.416 e. The Morgan fingerprint density at radius 1 is 1.15 bits per heavy atom. The predicted molar refractivity (Wildman–Crippen MR) is 119 cm³/mol. The van der Waals surface area contributed by atoms with Crippen molar-refractivity contribution in [1.82, 2.24) is 5.48 Å². The summed E-state index contributed by atoms with van der Waals surface area (Å²) in [5.74, 6) is -0.925. The standard InChI is InChI=1S/C25H28F3NO5/c1-24(2,3)33-22(23(31)32)14-16-6-11-21-19(13-16)20(30)10-9-18(29-34-21)12-15-4-7-17(8-5-15)25(26,27)28/h4-8,11,13,18,22,29H,9-10,12,14H2,1-3H3,(H,31,32). The maximum atomic E-state index is 12.8. The number of carbonyl (C=O) groups is 2. The van der Waals surface area contributed by atoms with E-state index in [0.29, 0.717) is 35.3 Å². The zero-order valence-corrected chi connectivity index (χ0v) is 19.2. The van der Waals surface area contributed by atoms with Crippen LogP contribution in [0.5, 0.6) is 5.75 Å². The minimum atomic E-state index is -4.39. The van der Waals surface area contributed by atoms with Crippen LogP contribution < -0.4 is 10.3 Å². The smallest absolute Gasteiger partial charge is 0.416 e. The quantitative estimate of drug-likeness (QED) is 0.608. The topological polar surface area (TPSA) is 84.9 Å². The molecule has 0 spiro atoms. The number of ether oxygens (including phenoxy) is 1. The molecule has 1 aliphatic heterocycles. The monoisotopic (exact) mass is 479 g/mol. The van der Waals surface area contributed by atoms with E-state index in [2.05, 4.69) is 5.48 Å². The average Bonchev–Trinajstić information content (AvgIpc) is 2.73. The van der Waals surface area contributed by atoms with Crippen LogP contribution in [-0.2, 0) is 28.5 Å². The maximum absolute atomic E-state index is 12.8. The van der Waals surface area contributed by atoms with E-state index >= 15 is 0 Å². The molecule has 2 aromatic carbocycles. The first kappa shape index (κ1) is 25.7. The first-order valence-electron chi connectivity index (χ1n) is 11.0. The fraction of sp³-hybridized carbons (Fsp3) is 0.440.